The van der Waals surface area contributed by atoms with Crippen LogP contribution in [-0.4, -0.2) is 25.4 Å². The van der Waals surface area contributed by atoms with Crippen molar-refractivity contribution in [1.29, 1.82) is 0 Å². The van der Waals surface area contributed by atoms with Gasteiger partial charge in [-0.05, 0) is 56.9 Å². The Kier molecular flexibility index (Phi) is 5.08. The Morgan fingerprint density at radius 3 is 2.89 bits per heavy atom. The van der Waals surface area contributed by atoms with Gasteiger partial charge in [-0.3, -0.25) is 0 Å². The van der Waals surface area contributed by atoms with Crippen LogP contribution in [-0.2, 0) is 4.74 Å². The molecular formula is C16H25NO2. The number of hydrogen-bond donors (Lipinski definition) is 1. The Balaban J connectivity index is 1.98. The number of ether oxygens (including phenoxy) is 2. The molecule has 3 heteroatoms. The molecule has 1 aromatic rings. The molecule has 1 aliphatic rings. The second kappa shape index (κ2) is 6.80. The first-order valence-electron chi connectivity index (χ1n) is 7.34. The van der Waals surface area contributed by atoms with E-state index in [9.17, 15) is 0 Å². The fraction of sp³-hybridized carbons (Fsp3) is 0.625. The Hall–Kier alpha value is -1.22. The van der Waals surface area contributed by atoms with Crippen molar-refractivity contribution in [1.82, 2.24) is 0 Å². The lowest BCUT2D eigenvalue weighted by Crippen LogP contribution is -2.33. The van der Waals surface area contributed by atoms with E-state index < -0.39 is 0 Å². The van der Waals surface area contributed by atoms with Gasteiger partial charge in [0.2, 0.25) is 0 Å². The van der Waals surface area contributed by atoms with Crippen LogP contribution in [0.3, 0.4) is 0 Å². The van der Waals surface area contributed by atoms with E-state index in [1.165, 1.54) is 11.3 Å². The van der Waals surface area contributed by atoms with Crippen LogP contribution in [0.2, 0.25) is 0 Å². The zero-order valence-electron chi connectivity index (χ0n) is 12.2. The molecule has 0 spiro atoms. The van der Waals surface area contributed by atoms with Crippen molar-refractivity contribution in [2.45, 2.75) is 52.2 Å². The standard InChI is InChI=1S/C16H25NO2/c1-4-14-11-13(8-9-19-14)17-16-7-6-15(18-5-2)10-12(16)3/h6-7,10,13-14,17H,4-5,8-9,11H2,1-3H3. The second-order valence-corrected chi connectivity index (χ2v) is 5.18. The molecule has 2 rings (SSSR count). The summed E-state index contributed by atoms with van der Waals surface area (Å²) in [4.78, 5) is 0. The molecule has 106 valence electrons. The van der Waals surface area contributed by atoms with Gasteiger partial charge in [0.05, 0.1) is 12.7 Å². The highest BCUT2D eigenvalue weighted by Crippen LogP contribution is 2.25. The quantitative estimate of drug-likeness (QED) is 0.877. The maximum absolute atomic E-state index is 5.72. The summed E-state index contributed by atoms with van der Waals surface area (Å²) in [6.07, 6.45) is 3.70. The first-order valence-corrected chi connectivity index (χ1v) is 7.34. The zero-order chi connectivity index (χ0) is 13.7. The van der Waals surface area contributed by atoms with Crippen LogP contribution in [0.25, 0.3) is 0 Å². The lowest BCUT2D eigenvalue weighted by molar-refractivity contribution is 0.00925. The summed E-state index contributed by atoms with van der Waals surface area (Å²) < 4.78 is 11.2. The van der Waals surface area contributed by atoms with E-state index in [0.29, 0.717) is 18.8 Å². The van der Waals surface area contributed by atoms with Gasteiger partial charge in [-0.25, -0.2) is 0 Å². The van der Waals surface area contributed by atoms with Crippen LogP contribution in [0.15, 0.2) is 18.2 Å². The molecule has 1 fully saturated rings. The van der Waals surface area contributed by atoms with Crippen LogP contribution in [0.4, 0.5) is 5.69 Å². The molecule has 19 heavy (non-hydrogen) atoms. The molecule has 1 aliphatic heterocycles. The minimum atomic E-state index is 0.411. The van der Waals surface area contributed by atoms with Gasteiger partial charge >= 0.3 is 0 Å². The molecule has 3 nitrogen and oxygen atoms in total. The van der Waals surface area contributed by atoms with E-state index in [1.54, 1.807) is 0 Å². The highest BCUT2D eigenvalue weighted by molar-refractivity contribution is 5.54. The van der Waals surface area contributed by atoms with E-state index in [1.807, 2.05) is 13.0 Å². The first kappa shape index (κ1) is 14.2. The van der Waals surface area contributed by atoms with Gasteiger partial charge in [0.15, 0.2) is 0 Å². The van der Waals surface area contributed by atoms with Gasteiger partial charge in [-0.15, -0.1) is 0 Å². The molecule has 2 atom stereocenters. The molecule has 0 radical (unpaired) electrons. The van der Waals surface area contributed by atoms with Crippen molar-refractivity contribution in [3.8, 4) is 5.75 Å². The first-order chi connectivity index (χ1) is 9.22. The number of nitrogens with one attached hydrogen (secondary N) is 1. The summed E-state index contributed by atoms with van der Waals surface area (Å²) in [5, 5.41) is 3.65. The molecule has 0 bridgehead atoms. The van der Waals surface area contributed by atoms with Gasteiger partial charge in [0, 0.05) is 18.3 Å². The molecule has 0 aromatic heterocycles. The number of anilines is 1. The normalized spacial score (nSPS) is 23.1. The topological polar surface area (TPSA) is 30.5 Å². The van der Waals surface area contributed by atoms with Crippen LogP contribution in [0, 0.1) is 6.92 Å². The van der Waals surface area contributed by atoms with E-state index in [-0.39, 0.29) is 0 Å². The smallest absolute Gasteiger partial charge is 0.119 e. The van der Waals surface area contributed by atoms with E-state index in [0.717, 1.165) is 31.6 Å². The number of rotatable bonds is 5. The largest absolute Gasteiger partial charge is 0.494 e. The maximum atomic E-state index is 5.72. The molecule has 0 saturated carbocycles. The van der Waals surface area contributed by atoms with Crippen LogP contribution in [0.5, 0.6) is 5.75 Å². The average Bonchev–Trinajstić information content (AvgIpc) is 2.42. The Bertz CT molecular complexity index is 406. The van der Waals surface area contributed by atoms with E-state index >= 15 is 0 Å². The van der Waals surface area contributed by atoms with Gasteiger partial charge in [0.25, 0.3) is 0 Å². The third-order valence-corrected chi connectivity index (χ3v) is 3.69. The fourth-order valence-corrected chi connectivity index (χ4v) is 2.57. The van der Waals surface area contributed by atoms with Crippen molar-refractivity contribution in [3.63, 3.8) is 0 Å². The van der Waals surface area contributed by atoms with Crippen LogP contribution in [0.1, 0.15) is 38.7 Å². The van der Waals surface area contributed by atoms with Crippen molar-refractivity contribution in [3.05, 3.63) is 23.8 Å². The molecule has 1 aromatic carbocycles. The van der Waals surface area contributed by atoms with Gasteiger partial charge < -0.3 is 14.8 Å². The predicted octanol–water partition coefficient (Wildman–Crippen LogP) is 3.76. The third kappa shape index (κ3) is 3.87. The van der Waals surface area contributed by atoms with Crippen molar-refractivity contribution < 1.29 is 9.47 Å². The summed E-state index contributed by atoms with van der Waals surface area (Å²) in [5.74, 6) is 0.948. The van der Waals surface area contributed by atoms with Crippen molar-refractivity contribution in [2.24, 2.45) is 0 Å². The highest BCUT2D eigenvalue weighted by Gasteiger charge is 2.21. The summed E-state index contributed by atoms with van der Waals surface area (Å²) in [6.45, 7) is 7.90. The molecule has 1 saturated heterocycles. The SMILES string of the molecule is CCOc1ccc(NC2CCOC(CC)C2)c(C)c1. The lowest BCUT2D eigenvalue weighted by atomic mass is 10.0. The van der Waals surface area contributed by atoms with Crippen LogP contribution >= 0.6 is 0 Å². The van der Waals surface area contributed by atoms with Crippen molar-refractivity contribution >= 4 is 5.69 Å². The second-order valence-electron chi connectivity index (χ2n) is 5.18. The average molecular weight is 263 g/mol. The summed E-state index contributed by atoms with van der Waals surface area (Å²) in [6, 6.07) is 6.78. The molecule has 2 unspecified atom stereocenters. The molecular weight excluding hydrogens is 238 g/mol. The van der Waals surface area contributed by atoms with Crippen LogP contribution < -0.4 is 10.1 Å². The Morgan fingerprint density at radius 1 is 1.37 bits per heavy atom. The van der Waals surface area contributed by atoms with Crippen molar-refractivity contribution in [2.75, 3.05) is 18.5 Å². The molecule has 1 heterocycles. The Morgan fingerprint density at radius 2 is 2.21 bits per heavy atom. The lowest BCUT2D eigenvalue weighted by Gasteiger charge is -2.30. The number of hydrogen-bond acceptors (Lipinski definition) is 3. The summed E-state index contributed by atoms with van der Waals surface area (Å²) in [7, 11) is 0. The van der Waals surface area contributed by atoms with Gasteiger partial charge in [-0.2, -0.15) is 0 Å². The highest BCUT2D eigenvalue weighted by atomic mass is 16.5. The summed E-state index contributed by atoms with van der Waals surface area (Å²) >= 11 is 0. The Labute approximate surface area is 116 Å². The number of aryl methyl sites for hydroxylation is 1. The zero-order valence-corrected chi connectivity index (χ0v) is 12.2. The number of benzene rings is 1. The third-order valence-electron chi connectivity index (χ3n) is 3.69. The fourth-order valence-electron chi connectivity index (χ4n) is 2.57. The molecule has 1 N–H and O–H groups in total. The van der Waals surface area contributed by atoms with E-state index in [4.69, 9.17) is 9.47 Å². The maximum Gasteiger partial charge on any atom is 0.119 e. The van der Waals surface area contributed by atoms with Gasteiger partial charge in [-0.1, -0.05) is 6.92 Å². The summed E-state index contributed by atoms with van der Waals surface area (Å²) in [5.41, 5.74) is 2.45. The van der Waals surface area contributed by atoms with E-state index in [2.05, 4.69) is 31.3 Å². The molecule has 0 aliphatic carbocycles. The van der Waals surface area contributed by atoms with Gasteiger partial charge in [0.1, 0.15) is 5.75 Å². The molecule has 0 amide bonds. The minimum Gasteiger partial charge on any atom is -0.494 e. The minimum absolute atomic E-state index is 0.411. The predicted molar refractivity (Wildman–Crippen MR) is 79.0 cm³/mol. The monoisotopic (exact) mass is 263 g/mol.